The van der Waals surface area contributed by atoms with E-state index in [1.807, 2.05) is 6.07 Å². The van der Waals surface area contributed by atoms with E-state index in [-0.39, 0.29) is 11.9 Å². The van der Waals surface area contributed by atoms with Crippen LogP contribution in [0.4, 0.5) is 11.6 Å². The van der Waals surface area contributed by atoms with Crippen molar-refractivity contribution in [2.24, 2.45) is 0 Å². The number of halogens is 1. The summed E-state index contributed by atoms with van der Waals surface area (Å²) in [6.45, 7) is 3.48. The third-order valence-corrected chi connectivity index (χ3v) is 2.61. The summed E-state index contributed by atoms with van der Waals surface area (Å²) in [6.07, 6.45) is 0. The quantitative estimate of drug-likeness (QED) is 0.761. The minimum absolute atomic E-state index is 0.0501. The summed E-state index contributed by atoms with van der Waals surface area (Å²) in [5.74, 6) is 1.41. The van der Waals surface area contributed by atoms with Crippen LogP contribution in [0.2, 0.25) is 5.28 Å². The molecule has 0 spiro atoms. The van der Waals surface area contributed by atoms with Gasteiger partial charge in [0.15, 0.2) is 0 Å². The topological polar surface area (TPSA) is 70.5 Å². The van der Waals surface area contributed by atoms with Crippen LogP contribution < -0.4 is 10.2 Å². The molecule has 0 atom stereocenters. The Bertz CT molecular complexity index is 371. The number of hydrogen-bond acceptors (Lipinski definition) is 6. The Balaban J connectivity index is 2.12. The second kappa shape index (κ2) is 6.00. The molecule has 6 nitrogen and oxygen atoms in total. The molecule has 0 unspecified atom stereocenters. The van der Waals surface area contributed by atoms with Gasteiger partial charge in [-0.15, -0.1) is 0 Å². The summed E-state index contributed by atoms with van der Waals surface area (Å²) >= 11 is 5.87. The van der Waals surface area contributed by atoms with Crippen molar-refractivity contribution in [3.8, 4) is 0 Å². The van der Waals surface area contributed by atoms with E-state index in [2.05, 4.69) is 20.2 Å². The molecule has 1 aliphatic heterocycles. The molecule has 1 aromatic rings. The van der Waals surface area contributed by atoms with E-state index in [9.17, 15) is 0 Å². The van der Waals surface area contributed by atoms with Crippen LogP contribution in [0.25, 0.3) is 0 Å². The number of ether oxygens (including phenoxy) is 1. The molecule has 1 aromatic heterocycles. The van der Waals surface area contributed by atoms with Crippen molar-refractivity contribution in [1.29, 1.82) is 0 Å². The molecule has 0 aromatic carbocycles. The van der Waals surface area contributed by atoms with Crippen molar-refractivity contribution in [2.45, 2.75) is 0 Å². The maximum absolute atomic E-state index is 8.75. The third-order valence-electron chi connectivity index (χ3n) is 2.44. The zero-order chi connectivity index (χ0) is 12.1. The van der Waals surface area contributed by atoms with E-state index in [1.165, 1.54) is 0 Å². The fourth-order valence-electron chi connectivity index (χ4n) is 1.63. The van der Waals surface area contributed by atoms with Gasteiger partial charge < -0.3 is 20.1 Å². The molecule has 1 saturated heterocycles. The van der Waals surface area contributed by atoms with Gasteiger partial charge in [0.05, 0.1) is 19.8 Å². The summed E-state index contributed by atoms with van der Waals surface area (Å²) in [5, 5.41) is 11.9. The maximum atomic E-state index is 8.75. The third kappa shape index (κ3) is 3.42. The lowest BCUT2D eigenvalue weighted by Crippen LogP contribution is -2.36. The predicted octanol–water partition coefficient (Wildman–Crippen LogP) is 0.371. The minimum atomic E-state index is 0.0501. The van der Waals surface area contributed by atoms with Crippen LogP contribution in [0.3, 0.4) is 0 Å². The van der Waals surface area contributed by atoms with E-state index in [0.717, 1.165) is 18.9 Å². The number of morpholine rings is 1. The fourth-order valence-corrected chi connectivity index (χ4v) is 1.81. The van der Waals surface area contributed by atoms with Gasteiger partial charge in [-0.25, -0.2) is 9.97 Å². The molecular formula is C10H15ClN4O2. The number of aromatic nitrogens is 2. The number of anilines is 2. The lowest BCUT2D eigenvalue weighted by atomic mass is 10.4. The fraction of sp³-hybridized carbons (Fsp3) is 0.600. The number of aliphatic hydroxyl groups is 1. The van der Waals surface area contributed by atoms with Crippen LogP contribution in [0.5, 0.6) is 0 Å². The standard InChI is InChI=1S/C10H15ClN4O2/c11-10-13-8(12-1-4-16)7-9(14-10)15-2-5-17-6-3-15/h7,16H,1-6H2,(H,12,13,14). The first-order valence-corrected chi connectivity index (χ1v) is 5.89. The van der Waals surface area contributed by atoms with Crippen molar-refractivity contribution >= 4 is 23.2 Å². The molecular weight excluding hydrogens is 244 g/mol. The van der Waals surface area contributed by atoms with Crippen LogP contribution in [0.1, 0.15) is 0 Å². The highest BCUT2D eigenvalue weighted by atomic mass is 35.5. The van der Waals surface area contributed by atoms with E-state index < -0.39 is 0 Å². The molecule has 0 bridgehead atoms. The van der Waals surface area contributed by atoms with Crippen molar-refractivity contribution in [3.05, 3.63) is 11.3 Å². The molecule has 0 amide bonds. The Morgan fingerprint density at radius 2 is 2.18 bits per heavy atom. The van der Waals surface area contributed by atoms with Gasteiger partial charge in [0.2, 0.25) is 5.28 Å². The Kier molecular flexibility index (Phi) is 4.36. The first-order chi connectivity index (χ1) is 8.29. The Labute approximate surface area is 105 Å². The van der Waals surface area contributed by atoms with E-state index in [0.29, 0.717) is 25.6 Å². The van der Waals surface area contributed by atoms with Crippen molar-refractivity contribution in [3.63, 3.8) is 0 Å². The molecule has 2 rings (SSSR count). The molecule has 2 N–H and O–H groups in total. The normalized spacial score (nSPS) is 16.0. The van der Waals surface area contributed by atoms with E-state index in [4.69, 9.17) is 21.4 Å². The van der Waals surface area contributed by atoms with Crippen LogP contribution >= 0.6 is 11.6 Å². The maximum Gasteiger partial charge on any atom is 0.226 e. The SMILES string of the molecule is OCCNc1cc(N2CCOCC2)nc(Cl)n1. The second-order valence-corrected chi connectivity index (χ2v) is 3.97. The molecule has 0 aliphatic carbocycles. The van der Waals surface area contributed by atoms with Crippen molar-refractivity contribution < 1.29 is 9.84 Å². The highest BCUT2D eigenvalue weighted by Crippen LogP contribution is 2.19. The lowest BCUT2D eigenvalue weighted by molar-refractivity contribution is 0.122. The summed E-state index contributed by atoms with van der Waals surface area (Å²) in [6, 6.07) is 1.83. The van der Waals surface area contributed by atoms with Crippen molar-refractivity contribution in [1.82, 2.24) is 9.97 Å². The average Bonchev–Trinajstić information content (AvgIpc) is 2.37. The highest BCUT2D eigenvalue weighted by molar-refractivity contribution is 6.28. The average molecular weight is 259 g/mol. The highest BCUT2D eigenvalue weighted by Gasteiger charge is 2.14. The van der Waals surface area contributed by atoms with Crippen LogP contribution in [-0.4, -0.2) is 54.5 Å². The zero-order valence-electron chi connectivity index (χ0n) is 9.40. The largest absolute Gasteiger partial charge is 0.395 e. The first kappa shape index (κ1) is 12.3. The molecule has 17 heavy (non-hydrogen) atoms. The monoisotopic (exact) mass is 258 g/mol. The first-order valence-electron chi connectivity index (χ1n) is 5.51. The Morgan fingerprint density at radius 3 is 2.88 bits per heavy atom. The van der Waals surface area contributed by atoms with Gasteiger partial charge in [-0.2, -0.15) is 0 Å². The van der Waals surface area contributed by atoms with Gasteiger partial charge in [0.25, 0.3) is 0 Å². The number of hydrogen-bond donors (Lipinski definition) is 2. The number of aliphatic hydroxyl groups excluding tert-OH is 1. The lowest BCUT2D eigenvalue weighted by Gasteiger charge is -2.28. The molecule has 2 heterocycles. The minimum Gasteiger partial charge on any atom is -0.395 e. The predicted molar refractivity (Wildman–Crippen MR) is 65.6 cm³/mol. The molecule has 1 aliphatic rings. The molecule has 1 fully saturated rings. The summed E-state index contributed by atoms with van der Waals surface area (Å²) in [7, 11) is 0. The molecule has 7 heteroatoms. The summed E-state index contributed by atoms with van der Waals surface area (Å²) < 4.78 is 5.28. The van der Waals surface area contributed by atoms with Gasteiger partial charge in [0, 0.05) is 25.7 Å². The van der Waals surface area contributed by atoms with Crippen molar-refractivity contribution in [2.75, 3.05) is 49.7 Å². The van der Waals surface area contributed by atoms with Gasteiger partial charge in [-0.05, 0) is 11.6 Å². The van der Waals surface area contributed by atoms with Gasteiger partial charge in [-0.3, -0.25) is 0 Å². The Hall–Kier alpha value is -1.11. The molecule has 0 saturated carbocycles. The van der Waals surface area contributed by atoms with Gasteiger partial charge in [0.1, 0.15) is 11.6 Å². The van der Waals surface area contributed by atoms with Gasteiger partial charge in [-0.1, -0.05) is 0 Å². The van der Waals surface area contributed by atoms with Gasteiger partial charge >= 0.3 is 0 Å². The number of nitrogens with zero attached hydrogens (tertiary/aromatic N) is 3. The van der Waals surface area contributed by atoms with Crippen LogP contribution in [0, 0.1) is 0 Å². The molecule has 94 valence electrons. The summed E-state index contributed by atoms with van der Waals surface area (Å²) in [5.41, 5.74) is 0. The van der Waals surface area contributed by atoms with Crippen LogP contribution in [0.15, 0.2) is 6.07 Å². The smallest absolute Gasteiger partial charge is 0.226 e. The number of rotatable bonds is 4. The zero-order valence-corrected chi connectivity index (χ0v) is 10.2. The Morgan fingerprint density at radius 1 is 1.41 bits per heavy atom. The molecule has 0 radical (unpaired) electrons. The second-order valence-electron chi connectivity index (χ2n) is 3.63. The van der Waals surface area contributed by atoms with E-state index >= 15 is 0 Å². The van der Waals surface area contributed by atoms with Crippen LogP contribution in [-0.2, 0) is 4.74 Å². The number of nitrogens with one attached hydrogen (secondary N) is 1. The summed E-state index contributed by atoms with van der Waals surface area (Å²) in [4.78, 5) is 10.3. The van der Waals surface area contributed by atoms with E-state index in [1.54, 1.807) is 0 Å².